The van der Waals surface area contributed by atoms with Crippen LogP contribution in [-0.2, 0) is 4.79 Å². The minimum Gasteiger partial charge on any atom is -0.427 e. The average Bonchev–Trinajstić information content (AvgIpc) is 2.56. The van der Waals surface area contributed by atoms with Gasteiger partial charge in [-0.3, -0.25) is 4.79 Å². The van der Waals surface area contributed by atoms with E-state index in [2.05, 4.69) is 15.3 Å². The third-order valence-corrected chi connectivity index (χ3v) is 3.30. The SMILES string of the molecule is CC(=O)Oc1ccc(Nc2cc(-c3ccccc3)nc(C)n2)cc1. The first kappa shape index (κ1) is 15.7. The second-order valence-electron chi connectivity index (χ2n) is 5.29. The first-order valence-electron chi connectivity index (χ1n) is 7.57. The molecule has 0 aliphatic carbocycles. The van der Waals surface area contributed by atoms with Crippen LogP contribution < -0.4 is 10.1 Å². The highest BCUT2D eigenvalue weighted by atomic mass is 16.5. The van der Waals surface area contributed by atoms with Crippen molar-refractivity contribution in [3.8, 4) is 17.0 Å². The molecule has 0 unspecified atom stereocenters. The number of rotatable bonds is 4. The number of ether oxygens (including phenoxy) is 1. The second-order valence-corrected chi connectivity index (χ2v) is 5.29. The molecule has 0 radical (unpaired) electrons. The lowest BCUT2D eigenvalue weighted by Crippen LogP contribution is -2.01. The normalized spacial score (nSPS) is 10.2. The molecule has 0 bridgehead atoms. The van der Waals surface area contributed by atoms with Gasteiger partial charge in [0.05, 0.1) is 5.69 Å². The van der Waals surface area contributed by atoms with E-state index < -0.39 is 0 Å². The van der Waals surface area contributed by atoms with Crippen LogP contribution in [0.2, 0.25) is 0 Å². The van der Waals surface area contributed by atoms with Crippen molar-refractivity contribution in [2.75, 3.05) is 5.32 Å². The first-order chi connectivity index (χ1) is 11.6. The molecule has 0 aliphatic heterocycles. The molecule has 5 nitrogen and oxygen atoms in total. The predicted octanol–water partition coefficient (Wildman–Crippen LogP) is 4.12. The average molecular weight is 319 g/mol. The molecule has 1 aromatic heterocycles. The maximum absolute atomic E-state index is 10.9. The lowest BCUT2D eigenvalue weighted by molar-refractivity contribution is -0.131. The number of carbonyl (C=O) groups is 1. The van der Waals surface area contributed by atoms with Crippen molar-refractivity contribution in [2.45, 2.75) is 13.8 Å². The van der Waals surface area contributed by atoms with Crippen molar-refractivity contribution < 1.29 is 9.53 Å². The highest BCUT2D eigenvalue weighted by Crippen LogP contribution is 2.23. The number of esters is 1. The Kier molecular flexibility index (Phi) is 4.52. The van der Waals surface area contributed by atoms with Crippen molar-refractivity contribution in [3.63, 3.8) is 0 Å². The predicted molar refractivity (Wildman–Crippen MR) is 93.2 cm³/mol. The quantitative estimate of drug-likeness (QED) is 0.579. The Labute approximate surface area is 140 Å². The molecule has 0 saturated carbocycles. The molecule has 0 atom stereocenters. The van der Waals surface area contributed by atoms with Crippen molar-refractivity contribution in [1.82, 2.24) is 9.97 Å². The molecule has 1 heterocycles. The molecule has 0 amide bonds. The van der Waals surface area contributed by atoms with Gasteiger partial charge in [0.1, 0.15) is 17.4 Å². The maximum Gasteiger partial charge on any atom is 0.308 e. The molecule has 2 aromatic carbocycles. The van der Waals surface area contributed by atoms with E-state index in [0.717, 1.165) is 16.9 Å². The van der Waals surface area contributed by atoms with E-state index in [1.54, 1.807) is 12.1 Å². The fourth-order valence-corrected chi connectivity index (χ4v) is 2.31. The summed E-state index contributed by atoms with van der Waals surface area (Å²) in [6, 6.07) is 19.0. The summed E-state index contributed by atoms with van der Waals surface area (Å²) in [7, 11) is 0. The Balaban J connectivity index is 1.82. The van der Waals surface area contributed by atoms with E-state index in [1.807, 2.05) is 55.5 Å². The zero-order chi connectivity index (χ0) is 16.9. The Bertz CT molecular complexity index is 846. The number of carbonyl (C=O) groups excluding carboxylic acids is 1. The largest absolute Gasteiger partial charge is 0.427 e. The zero-order valence-electron chi connectivity index (χ0n) is 13.5. The number of hydrogen-bond acceptors (Lipinski definition) is 5. The minimum absolute atomic E-state index is 0.338. The highest BCUT2D eigenvalue weighted by molar-refractivity contribution is 5.70. The van der Waals surface area contributed by atoms with Gasteiger partial charge >= 0.3 is 5.97 Å². The van der Waals surface area contributed by atoms with Gasteiger partial charge in [0, 0.05) is 24.2 Å². The van der Waals surface area contributed by atoms with Crippen LogP contribution in [0.3, 0.4) is 0 Å². The topological polar surface area (TPSA) is 64.1 Å². The van der Waals surface area contributed by atoms with Gasteiger partial charge in [0.2, 0.25) is 0 Å². The molecule has 1 N–H and O–H groups in total. The zero-order valence-corrected chi connectivity index (χ0v) is 13.5. The minimum atomic E-state index is -0.338. The lowest BCUT2D eigenvalue weighted by atomic mass is 10.1. The molecule has 0 spiro atoms. The van der Waals surface area contributed by atoms with Gasteiger partial charge in [-0.05, 0) is 31.2 Å². The van der Waals surface area contributed by atoms with Crippen LogP contribution in [0.25, 0.3) is 11.3 Å². The summed E-state index contributed by atoms with van der Waals surface area (Å²) in [6.07, 6.45) is 0. The van der Waals surface area contributed by atoms with E-state index in [9.17, 15) is 4.79 Å². The number of aromatic nitrogens is 2. The summed E-state index contributed by atoms with van der Waals surface area (Å²) < 4.78 is 5.02. The van der Waals surface area contributed by atoms with E-state index in [-0.39, 0.29) is 5.97 Å². The van der Waals surface area contributed by atoms with E-state index in [4.69, 9.17) is 4.74 Å². The number of nitrogens with zero attached hydrogens (tertiary/aromatic N) is 2. The molecule has 3 aromatic rings. The molecule has 5 heteroatoms. The van der Waals surface area contributed by atoms with Gasteiger partial charge in [0.15, 0.2) is 0 Å². The van der Waals surface area contributed by atoms with Crippen LogP contribution in [0.4, 0.5) is 11.5 Å². The van der Waals surface area contributed by atoms with Crippen LogP contribution >= 0.6 is 0 Å². The van der Waals surface area contributed by atoms with Crippen molar-refractivity contribution in [2.24, 2.45) is 0 Å². The monoisotopic (exact) mass is 319 g/mol. The Morgan fingerprint density at radius 3 is 2.38 bits per heavy atom. The Morgan fingerprint density at radius 1 is 1.00 bits per heavy atom. The number of anilines is 2. The van der Waals surface area contributed by atoms with Crippen molar-refractivity contribution in [1.29, 1.82) is 0 Å². The van der Waals surface area contributed by atoms with Gasteiger partial charge in [-0.15, -0.1) is 0 Å². The Morgan fingerprint density at radius 2 is 1.71 bits per heavy atom. The summed E-state index contributed by atoms with van der Waals surface area (Å²) >= 11 is 0. The van der Waals surface area contributed by atoms with E-state index in [0.29, 0.717) is 17.4 Å². The summed E-state index contributed by atoms with van der Waals surface area (Å²) in [5.41, 5.74) is 2.75. The number of benzene rings is 2. The highest BCUT2D eigenvalue weighted by Gasteiger charge is 2.05. The van der Waals surface area contributed by atoms with Crippen molar-refractivity contribution in [3.05, 3.63) is 66.5 Å². The van der Waals surface area contributed by atoms with Crippen LogP contribution in [0.5, 0.6) is 5.75 Å². The first-order valence-corrected chi connectivity index (χ1v) is 7.57. The molecule has 0 fully saturated rings. The maximum atomic E-state index is 10.9. The van der Waals surface area contributed by atoms with E-state index in [1.165, 1.54) is 6.92 Å². The molecule has 120 valence electrons. The number of hydrogen-bond donors (Lipinski definition) is 1. The number of nitrogens with one attached hydrogen (secondary N) is 1. The van der Waals surface area contributed by atoms with Crippen LogP contribution in [0, 0.1) is 6.92 Å². The lowest BCUT2D eigenvalue weighted by Gasteiger charge is -2.09. The third kappa shape index (κ3) is 3.95. The molecular weight excluding hydrogens is 302 g/mol. The standard InChI is InChI=1S/C19H17N3O2/c1-13-20-18(15-6-4-3-5-7-15)12-19(21-13)22-16-8-10-17(11-9-16)24-14(2)23/h3-12H,1-2H3,(H,20,21,22). The summed E-state index contributed by atoms with van der Waals surface area (Å²) in [5, 5.41) is 3.24. The van der Waals surface area contributed by atoms with Crippen molar-refractivity contribution >= 4 is 17.5 Å². The van der Waals surface area contributed by atoms with Crippen LogP contribution in [0.15, 0.2) is 60.7 Å². The fraction of sp³-hybridized carbons (Fsp3) is 0.105. The summed E-state index contributed by atoms with van der Waals surface area (Å²) in [4.78, 5) is 19.8. The molecule has 3 rings (SSSR count). The molecule has 0 aliphatic rings. The van der Waals surface area contributed by atoms with Crippen LogP contribution in [0.1, 0.15) is 12.7 Å². The molecule has 24 heavy (non-hydrogen) atoms. The summed E-state index contributed by atoms with van der Waals surface area (Å²) in [6.45, 7) is 3.24. The van der Waals surface area contributed by atoms with Gasteiger partial charge in [-0.2, -0.15) is 0 Å². The third-order valence-electron chi connectivity index (χ3n) is 3.30. The molecule has 0 saturated heterocycles. The summed E-state index contributed by atoms with van der Waals surface area (Å²) in [5.74, 6) is 1.57. The van der Waals surface area contributed by atoms with Gasteiger partial charge in [0.25, 0.3) is 0 Å². The van der Waals surface area contributed by atoms with E-state index >= 15 is 0 Å². The van der Waals surface area contributed by atoms with Crippen LogP contribution in [-0.4, -0.2) is 15.9 Å². The molecular formula is C19H17N3O2. The smallest absolute Gasteiger partial charge is 0.308 e. The van der Waals surface area contributed by atoms with Gasteiger partial charge in [-0.1, -0.05) is 30.3 Å². The van der Waals surface area contributed by atoms with Gasteiger partial charge < -0.3 is 10.1 Å². The number of aryl methyl sites for hydroxylation is 1. The fourth-order valence-electron chi connectivity index (χ4n) is 2.31. The Hall–Kier alpha value is -3.21. The second kappa shape index (κ2) is 6.91. The van der Waals surface area contributed by atoms with Gasteiger partial charge in [-0.25, -0.2) is 9.97 Å².